The molecular formula is C56H33N9. The highest BCUT2D eigenvalue weighted by Crippen LogP contribution is 2.51. The number of rotatable bonds is 5. The van der Waals surface area contributed by atoms with Gasteiger partial charge in [-0.1, -0.05) is 146 Å². The summed E-state index contributed by atoms with van der Waals surface area (Å²) in [6.07, 6.45) is 0. The number of hydrogen-bond donors (Lipinski definition) is 1. The fraction of sp³-hybridized carbons (Fsp3) is 0. The third-order valence-electron chi connectivity index (χ3n) is 13.3. The zero-order valence-corrected chi connectivity index (χ0v) is 34.6. The Kier molecular flexibility index (Phi) is 7.27. The highest BCUT2D eigenvalue weighted by Gasteiger charge is 2.35. The molecule has 1 N–H and O–H groups in total. The average molecular weight is 832 g/mol. The summed E-state index contributed by atoms with van der Waals surface area (Å²) in [7, 11) is 0. The minimum atomic E-state index is 0.422. The van der Waals surface area contributed by atoms with Crippen LogP contribution in [0.1, 0.15) is 5.56 Å². The van der Waals surface area contributed by atoms with Crippen LogP contribution in [0.2, 0.25) is 0 Å². The summed E-state index contributed by atoms with van der Waals surface area (Å²) < 4.78 is 9.31. The second-order valence-corrected chi connectivity index (χ2v) is 16.5. The molecule has 5 heterocycles. The van der Waals surface area contributed by atoms with Gasteiger partial charge in [0.2, 0.25) is 0 Å². The molecule has 0 aliphatic rings. The van der Waals surface area contributed by atoms with Crippen LogP contribution in [-0.4, -0.2) is 38.9 Å². The molecule has 65 heavy (non-hydrogen) atoms. The first-order valence-electron chi connectivity index (χ1n) is 21.6. The minimum absolute atomic E-state index is 0.422. The number of nitrogens with zero attached hydrogens (tertiary/aromatic N) is 8. The van der Waals surface area contributed by atoms with Crippen LogP contribution < -0.4 is 0 Å². The maximum atomic E-state index is 12.4. The highest BCUT2D eigenvalue weighted by molar-refractivity contribution is 6.16. The molecule has 14 aromatic rings. The molecule has 302 valence electrons. The first-order chi connectivity index (χ1) is 32.3. The molecular weight excluding hydrogens is 799 g/mol. The van der Waals surface area contributed by atoms with Gasteiger partial charge in [0, 0.05) is 43.1 Å². The summed E-state index contributed by atoms with van der Waals surface area (Å²) in [6, 6.07) is 71.1. The normalized spacial score (nSPS) is 12.0. The van der Waals surface area contributed by atoms with Gasteiger partial charge in [-0.05, 0) is 59.0 Å². The summed E-state index contributed by atoms with van der Waals surface area (Å²) in [4.78, 5) is 0. The molecule has 0 bridgehead atoms. The van der Waals surface area contributed by atoms with Crippen LogP contribution in [0.25, 0.3) is 121 Å². The van der Waals surface area contributed by atoms with E-state index in [1.165, 1.54) is 0 Å². The van der Waals surface area contributed by atoms with Gasteiger partial charge >= 0.3 is 0 Å². The quantitative estimate of drug-likeness (QED) is 0.187. The molecule has 0 unspecified atom stereocenters. The molecule has 9 aromatic carbocycles. The second kappa shape index (κ2) is 13.4. The molecule has 14 rings (SSSR count). The summed E-state index contributed by atoms with van der Waals surface area (Å²) in [5.74, 6) is 0.422. The van der Waals surface area contributed by atoms with Gasteiger partial charge in [0.1, 0.15) is 11.6 Å². The van der Waals surface area contributed by atoms with Gasteiger partial charge in [-0.15, -0.1) is 5.10 Å². The molecule has 9 heteroatoms. The molecule has 0 aliphatic heterocycles. The van der Waals surface area contributed by atoms with Crippen molar-refractivity contribution in [2.75, 3.05) is 0 Å². The lowest BCUT2D eigenvalue weighted by Crippen LogP contribution is -2.16. The third-order valence-corrected chi connectivity index (χ3v) is 13.3. The summed E-state index contributed by atoms with van der Waals surface area (Å²) in [5, 5.41) is 37.6. The number of aromatic amines is 1. The summed E-state index contributed by atoms with van der Waals surface area (Å²) in [5.41, 5.74) is 11.9. The Morgan fingerprint density at radius 3 is 0.908 bits per heavy atom. The Morgan fingerprint density at radius 1 is 0.338 bits per heavy atom. The van der Waals surface area contributed by atoms with E-state index in [1.54, 1.807) is 0 Å². The van der Waals surface area contributed by atoms with E-state index in [1.807, 2.05) is 0 Å². The largest absolute Gasteiger partial charge is 0.307 e. The number of benzene rings is 9. The second-order valence-electron chi connectivity index (χ2n) is 16.5. The van der Waals surface area contributed by atoms with E-state index in [-0.39, 0.29) is 0 Å². The molecule has 0 fully saturated rings. The van der Waals surface area contributed by atoms with Crippen molar-refractivity contribution in [3.63, 3.8) is 0 Å². The Hall–Kier alpha value is -9.26. The molecule has 0 saturated heterocycles. The number of aromatic nitrogens is 8. The van der Waals surface area contributed by atoms with Crippen molar-refractivity contribution in [3.05, 3.63) is 200 Å². The number of H-pyrrole nitrogens is 1. The molecule has 0 aliphatic carbocycles. The van der Waals surface area contributed by atoms with Crippen molar-refractivity contribution in [2.45, 2.75) is 0 Å². The van der Waals surface area contributed by atoms with Crippen LogP contribution in [0.4, 0.5) is 0 Å². The monoisotopic (exact) mass is 831 g/mol. The fourth-order valence-electron chi connectivity index (χ4n) is 10.8. The molecule has 0 atom stereocenters. The van der Waals surface area contributed by atoms with Gasteiger partial charge in [0.05, 0.1) is 72.4 Å². The SMILES string of the molecule is N#Cc1c(-n2c3ccccc3c3ccccc32)c(-c2nnn[nH]2)c(-n2c3ccccc3c3ccccc32)c(-n2c3ccccc3c3ccccc32)c1-n1c2ccccc2c2ccccc21. The number of hydrogen-bond acceptors (Lipinski definition) is 4. The van der Waals surface area contributed by atoms with Gasteiger partial charge in [-0.3, -0.25) is 0 Å². The van der Waals surface area contributed by atoms with Crippen LogP contribution in [-0.2, 0) is 0 Å². The molecule has 0 radical (unpaired) electrons. The van der Waals surface area contributed by atoms with Crippen LogP contribution in [0.3, 0.4) is 0 Å². The number of tetrazole rings is 1. The van der Waals surface area contributed by atoms with Crippen molar-refractivity contribution >= 4 is 87.2 Å². The van der Waals surface area contributed by atoms with E-state index in [2.05, 4.69) is 234 Å². The summed E-state index contributed by atoms with van der Waals surface area (Å²) >= 11 is 0. The van der Waals surface area contributed by atoms with Crippen LogP contribution in [0, 0.1) is 11.3 Å². The Bertz CT molecular complexity index is 4110. The first-order valence-corrected chi connectivity index (χ1v) is 21.6. The molecule has 0 amide bonds. The standard InChI is InChI=1S/C56H33N9/c57-33-42-52(62-43-25-9-1-17-34(43)35-18-2-10-26-44(35)62)51(56-58-60-61-59-56)54(64-47-29-13-5-21-38(47)39-22-6-14-30-48(39)64)55(65-49-31-15-7-23-40(49)41-24-8-16-32-50(41)65)53(42)63-45-27-11-3-19-36(45)37-20-4-12-28-46(37)63/h1-32H,(H,58,59,60,61). The molecule has 9 nitrogen and oxygen atoms in total. The van der Waals surface area contributed by atoms with Gasteiger partial charge in [-0.2, -0.15) is 5.26 Å². The van der Waals surface area contributed by atoms with Gasteiger partial charge in [0.15, 0.2) is 5.82 Å². The number of nitriles is 1. The maximum Gasteiger partial charge on any atom is 0.183 e. The van der Waals surface area contributed by atoms with Crippen LogP contribution in [0.15, 0.2) is 194 Å². The average Bonchev–Trinajstić information content (AvgIpc) is 4.20. The highest BCUT2D eigenvalue weighted by atomic mass is 15.5. The Balaban J connectivity index is 1.37. The predicted molar refractivity (Wildman–Crippen MR) is 262 cm³/mol. The summed E-state index contributed by atoms with van der Waals surface area (Å²) in [6.45, 7) is 0. The number of fused-ring (bicyclic) bond motifs is 12. The van der Waals surface area contributed by atoms with E-state index < -0.39 is 0 Å². The molecule has 0 spiro atoms. The van der Waals surface area contributed by atoms with Crippen molar-refractivity contribution in [1.29, 1.82) is 5.26 Å². The zero-order valence-electron chi connectivity index (χ0n) is 34.6. The van der Waals surface area contributed by atoms with E-state index >= 15 is 0 Å². The lowest BCUT2D eigenvalue weighted by Gasteiger charge is -2.28. The van der Waals surface area contributed by atoms with E-state index in [0.29, 0.717) is 22.6 Å². The van der Waals surface area contributed by atoms with E-state index in [0.717, 1.165) is 104 Å². The van der Waals surface area contributed by atoms with Gasteiger partial charge < -0.3 is 18.3 Å². The topological polar surface area (TPSA) is 98.0 Å². The van der Waals surface area contributed by atoms with Crippen molar-refractivity contribution in [3.8, 4) is 40.2 Å². The maximum absolute atomic E-state index is 12.4. The van der Waals surface area contributed by atoms with Gasteiger partial charge in [-0.25, -0.2) is 5.10 Å². The Morgan fingerprint density at radius 2 is 0.615 bits per heavy atom. The van der Waals surface area contributed by atoms with Crippen molar-refractivity contribution in [1.82, 2.24) is 38.9 Å². The van der Waals surface area contributed by atoms with Crippen molar-refractivity contribution < 1.29 is 0 Å². The third kappa shape index (κ3) is 4.71. The zero-order chi connectivity index (χ0) is 42.8. The molecule has 5 aromatic heterocycles. The lowest BCUT2D eigenvalue weighted by molar-refractivity contribution is 0.881. The number of para-hydroxylation sites is 8. The number of nitrogens with one attached hydrogen (secondary N) is 1. The Labute approximate surface area is 369 Å². The smallest absolute Gasteiger partial charge is 0.183 e. The van der Waals surface area contributed by atoms with E-state index in [9.17, 15) is 5.26 Å². The predicted octanol–water partition coefficient (Wildman–Crippen LogP) is 13.1. The van der Waals surface area contributed by atoms with Crippen LogP contribution in [0.5, 0.6) is 0 Å². The van der Waals surface area contributed by atoms with Crippen LogP contribution >= 0.6 is 0 Å². The lowest BCUT2D eigenvalue weighted by atomic mass is 9.97. The first kappa shape index (κ1) is 35.3. The van der Waals surface area contributed by atoms with E-state index in [4.69, 9.17) is 5.10 Å². The van der Waals surface area contributed by atoms with Gasteiger partial charge in [0.25, 0.3) is 0 Å². The fourth-order valence-corrected chi connectivity index (χ4v) is 10.8. The van der Waals surface area contributed by atoms with Crippen molar-refractivity contribution in [2.24, 2.45) is 0 Å². The molecule has 0 saturated carbocycles. The minimum Gasteiger partial charge on any atom is -0.307 e.